The highest BCUT2D eigenvalue weighted by atomic mass is 35.5. The van der Waals surface area contributed by atoms with Crippen LogP contribution in [0.4, 0.5) is 0 Å². The van der Waals surface area contributed by atoms with E-state index in [1.807, 2.05) is 18.7 Å². The van der Waals surface area contributed by atoms with E-state index in [0.29, 0.717) is 18.1 Å². The number of nitrogens with zero attached hydrogens (tertiary/aromatic N) is 1. The molecule has 3 aliphatic heterocycles. The van der Waals surface area contributed by atoms with Crippen molar-refractivity contribution in [3.63, 3.8) is 0 Å². The van der Waals surface area contributed by atoms with Gasteiger partial charge in [-0.2, -0.15) is 0 Å². The van der Waals surface area contributed by atoms with Crippen molar-refractivity contribution in [3.05, 3.63) is 22.0 Å². The molecule has 3 rings (SSSR count). The van der Waals surface area contributed by atoms with E-state index < -0.39 is 6.10 Å². The minimum absolute atomic E-state index is 0.123. The molecule has 0 aromatic carbocycles. The smallest absolute Gasteiger partial charge is 0.223 e. The molecule has 110 valence electrons. The average Bonchev–Trinajstić information content (AvgIpc) is 2.59. The van der Waals surface area contributed by atoms with Crippen molar-refractivity contribution in [1.29, 1.82) is 0 Å². The monoisotopic (exact) mass is 315 g/mol. The first-order chi connectivity index (χ1) is 9.40. The minimum Gasteiger partial charge on any atom is -0.439 e. The first kappa shape index (κ1) is 14.3. The summed E-state index contributed by atoms with van der Waals surface area (Å²) in [7, 11) is 0. The van der Waals surface area contributed by atoms with Crippen molar-refractivity contribution >= 4 is 29.3 Å². The Hall–Kier alpha value is -0.650. The molecule has 0 bridgehead atoms. The molecule has 20 heavy (non-hydrogen) atoms. The molecule has 0 aliphatic carbocycles. The van der Waals surface area contributed by atoms with Gasteiger partial charge < -0.3 is 14.7 Å². The van der Waals surface area contributed by atoms with Crippen LogP contribution in [0.1, 0.15) is 33.1 Å². The second kappa shape index (κ2) is 4.97. The maximum Gasteiger partial charge on any atom is 0.223 e. The van der Waals surface area contributed by atoms with Gasteiger partial charge in [-0.25, -0.2) is 0 Å². The topological polar surface area (TPSA) is 49.8 Å². The fourth-order valence-electron chi connectivity index (χ4n) is 2.92. The SMILES string of the molecule is CC1(C)SC2=C(C(N3CCCCC3=O)C=C(Cl)O2)C1O. The van der Waals surface area contributed by atoms with Crippen LogP contribution in [0, 0.1) is 0 Å². The van der Waals surface area contributed by atoms with Gasteiger partial charge in [0.1, 0.15) is 0 Å². The third kappa shape index (κ3) is 2.26. The molecule has 0 saturated carbocycles. The number of piperidine rings is 1. The number of thioether (sulfide) groups is 1. The van der Waals surface area contributed by atoms with Crippen molar-refractivity contribution in [2.45, 2.75) is 50.0 Å². The summed E-state index contributed by atoms with van der Waals surface area (Å²) >= 11 is 7.53. The van der Waals surface area contributed by atoms with E-state index in [0.717, 1.165) is 18.4 Å². The molecular formula is C14H18ClNO3S. The Morgan fingerprint density at radius 3 is 2.95 bits per heavy atom. The van der Waals surface area contributed by atoms with Crippen molar-refractivity contribution in [2.75, 3.05) is 6.54 Å². The number of amides is 1. The minimum atomic E-state index is -0.636. The summed E-state index contributed by atoms with van der Waals surface area (Å²) in [4.78, 5) is 14.0. The highest BCUT2D eigenvalue weighted by Gasteiger charge is 2.48. The zero-order chi connectivity index (χ0) is 14.5. The van der Waals surface area contributed by atoms with Gasteiger partial charge in [0, 0.05) is 23.3 Å². The Kier molecular flexibility index (Phi) is 3.55. The molecule has 1 fully saturated rings. The molecule has 4 nitrogen and oxygen atoms in total. The number of ether oxygens (including phenoxy) is 1. The lowest BCUT2D eigenvalue weighted by Crippen LogP contribution is -2.47. The summed E-state index contributed by atoms with van der Waals surface area (Å²) in [6.45, 7) is 4.64. The number of aliphatic hydroxyl groups is 1. The lowest BCUT2D eigenvalue weighted by atomic mass is 9.91. The maximum atomic E-state index is 12.2. The van der Waals surface area contributed by atoms with E-state index >= 15 is 0 Å². The fraction of sp³-hybridized carbons (Fsp3) is 0.643. The molecule has 2 unspecified atom stereocenters. The number of aliphatic hydroxyl groups excluding tert-OH is 1. The van der Waals surface area contributed by atoms with Crippen molar-refractivity contribution in [1.82, 2.24) is 4.90 Å². The Morgan fingerprint density at radius 1 is 1.50 bits per heavy atom. The van der Waals surface area contributed by atoms with Crippen LogP contribution in [0.2, 0.25) is 0 Å². The maximum absolute atomic E-state index is 12.2. The lowest BCUT2D eigenvalue weighted by molar-refractivity contribution is -0.134. The first-order valence-corrected chi connectivity index (χ1v) is 8.05. The third-order valence-electron chi connectivity index (χ3n) is 4.04. The van der Waals surface area contributed by atoms with Gasteiger partial charge in [-0.1, -0.05) is 11.8 Å². The van der Waals surface area contributed by atoms with Crippen LogP contribution in [-0.4, -0.2) is 39.4 Å². The number of carbonyl (C=O) groups excluding carboxylic acids is 1. The van der Waals surface area contributed by atoms with Gasteiger partial charge in [0.05, 0.1) is 12.1 Å². The number of rotatable bonds is 1. The summed E-state index contributed by atoms with van der Waals surface area (Å²) in [6, 6.07) is -0.275. The Morgan fingerprint density at radius 2 is 2.25 bits per heavy atom. The van der Waals surface area contributed by atoms with Crippen LogP contribution in [-0.2, 0) is 9.53 Å². The fourth-order valence-corrected chi connectivity index (χ4v) is 4.36. The number of carbonyl (C=O) groups is 1. The molecule has 2 atom stereocenters. The standard InChI is InChI=1S/C14H18ClNO3S/c1-14(2)12(18)11-8(7-9(15)19-13(11)20-14)16-6-4-3-5-10(16)17/h7-8,12,18H,3-6H2,1-2H3. The highest BCUT2D eigenvalue weighted by Crippen LogP contribution is 2.51. The summed E-state index contributed by atoms with van der Waals surface area (Å²) in [5, 5.41) is 11.5. The number of hydrogen-bond donors (Lipinski definition) is 1. The molecule has 0 spiro atoms. The van der Waals surface area contributed by atoms with Crippen molar-refractivity contribution in [2.24, 2.45) is 0 Å². The van der Waals surface area contributed by atoms with Crippen molar-refractivity contribution in [3.8, 4) is 0 Å². The molecule has 1 saturated heterocycles. The van der Waals surface area contributed by atoms with E-state index in [-0.39, 0.29) is 21.9 Å². The normalized spacial score (nSPS) is 32.9. The van der Waals surface area contributed by atoms with Gasteiger partial charge in [-0.15, -0.1) is 0 Å². The summed E-state index contributed by atoms with van der Waals surface area (Å²) in [5.74, 6) is 0.123. The zero-order valence-electron chi connectivity index (χ0n) is 11.6. The van der Waals surface area contributed by atoms with Crippen LogP contribution in [0.3, 0.4) is 0 Å². The largest absolute Gasteiger partial charge is 0.439 e. The molecule has 3 heterocycles. The Labute approximate surface area is 127 Å². The van der Waals surface area contributed by atoms with E-state index in [1.54, 1.807) is 6.08 Å². The molecule has 6 heteroatoms. The Balaban J connectivity index is 1.96. The third-order valence-corrected chi connectivity index (χ3v) is 5.50. The molecule has 1 N–H and O–H groups in total. The van der Waals surface area contributed by atoms with Crippen LogP contribution in [0.5, 0.6) is 0 Å². The zero-order valence-corrected chi connectivity index (χ0v) is 13.1. The van der Waals surface area contributed by atoms with Gasteiger partial charge in [0.25, 0.3) is 0 Å². The number of halogens is 1. The number of hydrogen-bond acceptors (Lipinski definition) is 4. The lowest BCUT2D eigenvalue weighted by Gasteiger charge is -2.37. The van der Waals surface area contributed by atoms with Crippen LogP contribution in [0.25, 0.3) is 0 Å². The average molecular weight is 316 g/mol. The van der Waals surface area contributed by atoms with Crippen LogP contribution >= 0.6 is 23.4 Å². The van der Waals surface area contributed by atoms with Crippen molar-refractivity contribution < 1.29 is 14.6 Å². The van der Waals surface area contributed by atoms with Crippen LogP contribution in [0.15, 0.2) is 22.0 Å². The van der Waals surface area contributed by atoms with E-state index in [4.69, 9.17) is 16.3 Å². The molecule has 0 aromatic heterocycles. The Bertz CT molecular complexity index is 515. The van der Waals surface area contributed by atoms with E-state index in [2.05, 4.69) is 0 Å². The predicted molar refractivity (Wildman–Crippen MR) is 79.1 cm³/mol. The van der Waals surface area contributed by atoms with E-state index in [9.17, 15) is 9.90 Å². The first-order valence-electron chi connectivity index (χ1n) is 6.86. The van der Waals surface area contributed by atoms with Gasteiger partial charge in [0.2, 0.25) is 5.91 Å². The molecule has 3 aliphatic rings. The summed E-state index contributed by atoms with van der Waals surface area (Å²) in [5.41, 5.74) is 0.777. The second-order valence-electron chi connectivity index (χ2n) is 5.91. The molecular weight excluding hydrogens is 298 g/mol. The van der Waals surface area contributed by atoms with Gasteiger partial charge in [-0.05, 0) is 44.4 Å². The summed E-state index contributed by atoms with van der Waals surface area (Å²) < 4.78 is 5.18. The number of likely N-dealkylation sites (tertiary alicyclic amines) is 1. The molecule has 0 radical (unpaired) electrons. The molecule has 1 amide bonds. The van der Waals surface area contributed by atoms with Gasteiger partial charge in [-0.3, -0.25) is 4.79 Å². The van der Waals surface area contributed by atoms with Crippen LogP contribution < -0.4 is 0 Å². The van der Waals surface area contributed by atoms with E-state index in [1.165, 1.54) is 11.8 Å². The molecule has 0 aromatic rings. The van der Waals surface area contributed by atoms with Gasteiger partial charge in [0.15, 0.2) is 10.3 Å². The quantitative estimate of drug-likeness (QED) is 0.808. The summed E-state index contributed by atoms with van der Waals surface area (Å²) in [6.07, 6.45) is 3.59. The highest BCUT2D eigenvalue weighted by molar-refractivity contribution is 8.04. The predicted octanol–water partition coefficient (Wildman–Crippen LogP) is 2.58. The van der Waals surface area contributed by atoms with Gasteiger partial charge >= 0.3 is 0 Å². The second-order valence-corrected chi connectivity index (χ2v) is 7.91.